The number of anilines is 2. The minimum atomic E-state index is -1.23. The van der Waals surface area contributed by atoms with E-state index in [1.54, 1.807) is 37.3 Å². The molecule has 0 aliphatic rings. The highest BCUT2D eigenvalue weighted by atomic mass is 32.2. The fourth-order valence-electron chi connectivity index (χ4n) is 3.10. The maximum absolute atomic E-state index is 13.3. The van der Waals surface area contributed by atoms with Gasteiger partial charge in [0.15, 0.2) is 0 Å². The Morgan fingerprint density at radius 1 is 0.857 bits per heavy atom. The van der Waals surface area contributed by atoms with Gasteiger partial charge in [0.2, 0.25) is 11.8 Å². The summed E-state index contributed by atoms with van der Waals surface area (Å²) in [5, 5.41) is 22.7. The lowest BCUT2D eigenvalue weighted by atomic mass is 10.1. The number of carboxylic acid groups (broad SMARTS) is 2. The maximum Gasteiger partial charge on any atom is 0.335 e. The molecule has 8 nitrogen and oxygen atoms in total. The molecule has 0 radical (unpaired) electrons. The van der Waals surface area contributed by atoms with Crippen LogP contribution in [0.2, 0.25) is 0 Å². The maximum atomic E-state index is 13.3. The Kier molecular flexibility index (Phi) is 8.42. The zero-order valence-corrected chi connectivity index (χ0v) is 19.4. The SMILES string of the molecule is Cc1ccc(C(=O)O)cc1NC(=O)C(Sc1cccc(NC(=O)/C=C/C(=O)O)c1)c1ccccc1. The van der Waals surface area contributed by atoms with Gasteiger partial charge in [-0.3, -0.25) is 9.59 Å². The molecule has 0 aliphatic carbocycles. The van der Waals surface area contributed by atoms with E-state index in [1.165, 1.54) is 23.9 Å². The number of hydrogen-bond donors (Lipinski definition) is 4. The first kappa shape index (κ1) is 25.3. The molecule has 178 valence electrons. The lowest BCUT2D eigenvalue weighted by molar-refractivity contribution is -0.131. The number of aryl methyl sites for hydroxylation is 1. The van der Waals surface area contributed by atoms with Crippen molar-refractivity contribution in [1.82, 2.24) is 0 Å². The number of aliphatic carboxylic acids is 1. The highest BCUT2D eigenvalue weighted by Crippen LogP contribution is 2.37. The smallest absolute Gasteiger partial charge is 0.335 e. The van der Waals surface area contributed by atoms with Crippen LogP contribution in [0.25, 0.3) is 0 Å². The molecule has 3 aromatic rings. The molecule has 0 saturated carbocycles. The lowest BCUT2D eigenvalue weighted by Gasteiger charge is -2.18. The summed E-state index contributed by atoms with van der Waals surface area (Å²) in [4.78, 5) is 47.9. The van der Waals surface area contributed by atoms with Crippen molar-refractivity contribution in [1.29, 1.82) is 0 Å². The van der Waals surface area contributed by atoms with E-state index in [1.807, 2.05) is 30.3 Å². The number of rotatable bonds is 9. The quantitative estimate of drug-likeness (QED) is 0.251. The molecule has 4 N–H and O–H groups in total. The minimum Gasteiger partial charge on any atom is -0.478 e. The summed E-state index contributed by atoms with van der Waals surface area (Å²) in [6.45, 7) is 1.77. The Balaban J connectivity index is 1.85. The predicted octanol–water partition coefficient (Wildman–Crippen LogP) is 4.74. The van der Waals surface area contributed by atoms with Crippen LogP contribution >= 0.6 is 11.8 Å². The van der Waals surface area contributed by atoms with Crippen LogP contribution < -0.4 is 10.6 Å². The van der Waals surface area contributed by atoms with Crippen LogP contribution in [0.1, 0.15) is 26.7 Å². The molecule has 9 heteroatoms. The molecule has 0 bridgehead atoms. The molecule has 0 heterocycles. The first-order valence-corrected chi connectivity index (χ1v) is 11.3. The first-order chi connectivity index (χ1) is 16.7. The van der Waals surface area contributed by atoms with Crippen molar-refractivity contribution in [2.75, 3.05) is 10.6 Å². The molecule has 0 saturated heterocycles. The molecule has 0 fully saturated rings. The number of thioether (sulfide) groups is 1. The van der Waals surface area contributed by atoms with Gasteiger partial charge in [-0.15, -0.1) is 11.8 Å². The van der Waals surface area contributed by atoms with Gasteiger partial charge in [0.05, 0.1) is 5.56 Å². The molecular formula is C26H22N2O6S. The number of carboxylic acids is 2. The molecule has 2 amide bonds. The first-order valence-electron chi connectivity index (χ1n) is 10.4. The number of nitrogens with one attached hydrogen (secondary N) is 2. The fourth-order valence-corrected chi connectivity index (χ4v) is 4.19. The number of hydrogen-bond acceptors (Lipinski definition) is 5. The molecule has 0 spiro atoms. The van der Waals surface area contributed by atoms with Crippen molar-refractivity contribution in [3.63, 3.8) is 0 Å². The number of carbonyl (C=O) groups excluding carboxylic acids is 2. The second-order valence-corrected chi connectivity index (χ2v) is 8.60. The second-order valence-electron chi connectivity index (χ2n) is 7.42. The highest BCUT2D eigenvalue weighted by Gasteiger charge is 2.23. The van der Waals surface area contributed by atoms with Crippen LogP contribution in [0.5, 0.6) is 0 Å². The van der Waals surface area contributed by atoms with Gasteiger partial charge in [-0.05, 0) is 48.4 Å². The Morgan fingerprint density at radius 2 is 1.60 bits per heavy atom. The fraction of sp³-hybridized carbons (Fsp3) is 0.0769. The molecular weight excluding hydrogens is 468 g/mol. The zero-order valence-electron chi connectivity index (χ0n) is 18.6. The summed E-state index contributed by atoms with van der Waals surface area (Å²) >= 11 is 1.25. The molecule has 35 heavy (non-hydrogen) atoms. The van der Waals surface area contributed by atoms with Crippen LogP contribution in [0.15, 0.2) is 89.8 Å². The molecule has 0 aliphatic heterocycles. The van der Waals surface area contributed by atoms with E-state index in [0.29, 0.717) is 16.3 Å². The van der Waals surface area contributed by atoms with Crippen LogP contribution in [0.4, 0.5) is 11.4 Å². The van der Waals surface area contributed by atoms with Crippen molar-refractivity contribution in [2.45, 2.75) is 17.1 Å². The largest absolute Gasteiger partial charge is 0.478 e. The van der Waals surface area contributed by atoms with Crippen molar-refractivity contribution >= 4 is 46.9 Å². The van der Waals surface area contributed by atoms with E-state index in [4.69, 9.17) is 5.11 Å². The third-order valence-electron chi connectivity index (χ3n) is 4.82. The highest BCUT2D eigenvalue weighted by molar-refractivity contribution is 8.00. The summed E-state index contributed by atoms with van der Waals surface area (Å²) in [5.41, 5.74) is 2.37. The third kappa shape index (κ3) is 7.31. The third-order valence-corrected chi connectivity index (χ3v) is 6.06. The summed E-state index contributed by atoms with van der Waals surface area (Å²) < 4.78 is 0. The van der Waals surface area contributed by atoms with E-state index >= 15 is 0 Å². The normalized spacial score (nSPS) is 11.6. The van der Waals surface area contributed by atoms with Gasteiger partial charge in [0.1, 0.15) is 5.25 Å². The number of aromatic carboxylic acids is 1. The number of carbonyl (C=O) groups is 4. The van der Waals surface area contributed by atoms with E-state index < -0.39 is 23.1 Å². The van der Waals surface area contributed by atoms with Crippen LogP contribution in [0, 0.1) is 6.92 Å². The van der Waals surface area contributed by atoms with E-state index in [2.05, 4.69) is 10.6 Å². The Bertz CT molecular complexity index is 1290. The Labute approximate surface area is 205 Å². The number of benzene rings is 3. The standard InChI is InChI=1S/C26H22N2O6S/c1-16-10-11-18(26(33)34)14-21(16)28-25(32)24(17-6-3-2-4-7-17)35-20-9-5-8-19(15-20)27-22(29)12-13-23(30)31/h2-15,24H,1H3,(H,27,29)(H,28,32)(H,30,31)(H,33,34)/b13-12+. The molecule has 3 aromatic carbocycles. The minimum absolute atomic E-state index is 0.0650. The summed E-state index contributed by atoms with van der Waals surface area (Å²) in [6, 6.07) is 20.5. The Morgan fingerprint density at radius 3 is 2.29 bits per heavy atom. The van der Waals surface area contributed by atoms with Crippen molar-refractivity contribution in [3.8, 4) is 0 Å². The molecule has 0 aromatic heterocycles. The lowest BCUT2D eigenvalue weighted by Crippen LogP contribution is -2.20. The molecule has 1 unspecified atom stereocenters. The van der Waals surface area contributed by atoms with Crippen molar-refractivity contribution in [3.05, 3.63) is 102 Å². The van der Waals surface area contributed by atoms with Gasteiger partial charge in [0.25, 0.3) is 0 Å². The molecule has 1 atom stereocenters. The second kappa shape index (κ2) is 11.7. The van der Waals surface area contributed by atoms with Gasteiger partial charge >= 0.3 is 11.9 Å². The van der Waals surface area contributed by atoms with Crippen molar-refractivity contribution < 1.29 is 29.4 Å². The van der Waals surface area contributed by atoms with Gasteiger partial charge in [0, 0.05) is 28.4 Å². The van der Waals surface area contributed by atoms with Gasteiger partial charge in [-0.25, -0.2) is 9.59 Å². The predicted molar refractivity (Wildman–Crippen MR) is 134 cm³/mol. The van der Waals surface area contributed by atoms with Crippen molar-refractivity contribution in [2.24, 2.45) is 0 Å². The summed E-state index contributed by atoms with van der Waals surface area (Å²) in [5.74, 6) is -3.26. The van der Waals surface area contributed by atoms with Gasteiger partial charge in [-0.2, -0.15) is 0 Å². The summed E-state index contributed by atoms with van der Waals surface area (Å²) in [7, 11) is 0. The average molecular weight is 491 g/mol. The van der Waals surface area contributed by atoms with Crippen LogP contribution in [-0.2, 0) is 14.4 Å². The zero-order chi connectivity index (χ0) is 25.4. The monoisotopic (exact) mass is 490 g/mol. The summed E-state index contributed by atoms with van der Waals surface area (Å²) in [6.07, 6.45) is 1.65. The average Bonchev–Trinajstić information content (AvgIpc) is 2.83. The van der Waals surface area contributed by atoms with E-state index in [-0.39, 0.29) is 11.5 Å². The topological polar surface area (TPSA) is 133 Å². The Hall–Kier alpha value is -4.37. The van der Waals surface area contributed by atoms with Crippen LogP contribution in [-0.4, -0.2) is 34.0 Å². The van der Waals surface area contributed by atoms with E-state index in [0.717, 1.165) is 23.3 Å². The molecule has 3 rings (SSSR count). The number of amides is 2. The van der Waals surface area contributed by atoms with Crippen LogP contribution in [0.3, 0.4) is 0 Å². The van der Waals surface area contributed by atoms with Gasteiger partial charge < -0.3 is 20.8 Å². The van der Waals surface area contributed by atoms with E-state index in [9.17, 15) is 24.3 Å². The van der Waals surface area contributed by atoms with Gasteiger partial charge in [-0.1, -0.05) is 42.5 Å².